The van der Waals surface area contributed by atoms with Crippen LogP contribution in [0.15, 0.2) is 25.3 Å². The number of carboxylic acid groups (broad SMARTS) is 1. The predicted octanol–water partition coefficient (Wildman–Crippen LogP) is 1.22. The molecule has 94 valence electrons. The lowest BCUT2D eigenvalue weighted by atomic mass is 9.98. The van der Waals surface area contributed by atoms with Crippen molar-refractivity contribution in [1.29, 1.82) is 0 Å². The maximum Gasteiger partial charge on any atom is 0.0969 e. The molecule has 0 aromatic heterocycles. The van der Waals surface area contributed by atoms with Crippen LogP contribution in [-0.4, -0.2) is 37.6 Å². The summed E-state index contributed by atoms with van der Waals surface area (Å²) in [5, 5.41) is 9.91. The van der Waals surface area contributed by atoms with E-state index in [-0.39, 0.29) is 0 Å². The van der Waals surface area contributed by atoms with Crippen LogP contribution in [0.4, 0.5) is 0 Å². The number of nitrogens with zero attached hydrogens (tertiary/aromatic N) is 1. The first kappa shape index (κ1) is 17.3. The van der Waals surface area contributed by atoms with Gasteiger partial charge in [0, 0.05) is 11.4 Å². The van der Waals surface area contributed by atoms with Gasteiger partial charge in [-0.25, -0.2) is 0 Å². The number of likely N-dealkylation sites (N-methyl/N-ethyl adjacent to an activating group) is 1. The second-order valence-corrected chi connectivity index (χ2v) is 5.42. The monoisotopic (exact) mass is 227 g/mol. The first-order chi connectivity index (χ1) is 7.06. The predicted molar refractivity (Wildman–Crippen MR) is 66.7 cm³/mol. The summed E-state index contributed by atoms with van der Waals surface area (Å²) in [6.45, 7) is 14.2. The van der Waals surface area contributed by atoms with E-state index in [4.69, 9.17) is 0 Å². The number of aliphatic carboxylic acids is 1. The van der Waals surface area contributed by atoms with Crippen molar-refractivity contribution in [2.24, 2.45) is 5.41 Å². The van der Waals surface area contributed by atoms with Crippen molar-refractivity contribution in [1.82, 2.24) is 0 Å². The molecule has 0 saturated carbocycles. The quantitative estimate of drug-likeness (QED) is 0.535. The van der Waals surface area contributed by atoms with Gasteiger partial charge in [0.25, 0.3) is 0 Å². The molecule has 0 bridgehead atoms. The molecule has 0 spiro atoms. The maximum atomic E-state index is 9.91. The van der Waals surface area contributed by atoms with Gasteiger partial charge < -0.3 is 14.4 Å². The van der Waals surface area contributed by atoms with Crippen LogP contribution in [0.25, 0.3) is 0 Å². The first-order valence-electron chi connectivity index (χ1n) is 5.32. The third-order valence-corrected chi connectivity index (χ3v) is 1.86. The number of carboxylic acids is 1. The summed E-state index contributed by atoms with van der Waals surface area (Å²) in [6.07, 6.45) is 3.87. The molecular formula is C13H25NO2. The molecule has 0 heterocycles. The van der Waals surface area contributed by atoms with E-state index in [0.29, 0.717) is 0 Å². The molecule has 0 atom stereocenters. The van der Waals surface area contributed by atoms with Gasteiger partial charge in [-0.05, 0) is 12.2 Å². The second kappa shape index (κ2) is 7.23. The molecule has 0 saturated heterocycles. The van der Waals surface area contributed by atoms with Gasteiger partial charge in [-0.3, -0.25) is 0 Å². The van der Waals surface area contributed by atoms with Gasteiger partial charge in [0.15, 0.2) is 0 Å². The minimum Gasteiger partial charge on any atom is -0.550 e. The zero-order valence-electron chi connectivity index (χ0n) is 11.2. The lowest BCUT2D eigenvalue weighted by Gasteiger charge is -2.26. The highest BCUT2D eigenvalue weighted by Gasteiger charge is 2.09. The van der Waals surface area contributed by atoms with Crippen molar-refractivity contribution in [2.45, 2.75) is 20.8 Å². The van der Waals surface area contributed by atoms with Crippen LogP contribution in [0.5, 0.6) is 0 Å². The van der Waals surface area contributed by atoms with Crippen LogP contribution < -0.4 is 5.11 Å². The highest BCUT2D eigenvalue weighted by molar-refractivity contribution is 5.70. The van der Waals surface area contributed by atoms with Gasteiger partial charge in [0.05, 0.1) is 27.2 Å². The third kappa shape index (κ3) is 11.0. The molecule has 0 aliphatic rings. The largest absolute Gasteiger partial charge is 0.550 e. The molecular weight excluding hydrogens is 202 g/mol. The molecule has 0 fully saturated rings. The Hall–Kier alpha value is -1.09. The SMILES string of the molecule is C=CC[N+](C)(C)CC=C.CC(C)(C)C(=O)[O-]. The zero-order chi connectivity index (χ0) is 13.4. The van der Waals surface area contributed by atoms with Crippen molar-refractivity contribution in [2.75, 3.05) is 27.2 Å². The highest BCUT2D eigenvalue weighted by Crippen LogP contribution is 2.09. The standard InChI is InChI=1S/C8H16N.C5H10O2/c1-5-7-9(3,4)8-6-2;1-5(2,3)4(6)7/h5-6H,1-2,7-8H2,3-4H3;1-3H3,(H,6,7)/q+1;/p-1. The lowest BCUT2D eigenvalue weighted by molar-refractivity contribution is -0.878. The van der Waals surface area contributed by atoms with E-state index in [1.165, 1.54) is 0 Å². The number of quaternary nitrogens is 1. The van der Waals surface area contributed by atoms with E-state index >= 15 is 0 Å². The Balaban J connectivity index is 0. The van der Waals surface area contributed by atoms with Crippen LogP contribution in [-0.2, 0) is 4.79 Å². The van der Waals surface area contributed by atoms with Crippen LogP contribution in [0.2, 0.25) is 0 Å². The summed E-state index contributed by atoms with van der Waals surface area (Å²) in [5.41, 5.74) is -0.694. The number of carbonyl (C=O) groups excluding carboxylic acids is 1. The van der Waals surface area contributed by atoms with Gasteiger partial charge >= 0.3 is 0 Å². The minimum absolute atomic E-state index is 0.694. The molecule has 0 rings (SSSR count). The van der Waals surface area contributed by atoms with E-state index in [2.05, 4.69) is 27.3 Å². The van der Waals surface area contributed by atoms with Gasteiger partial charge in [-0.15, -0.1) is 0 Å². The Kier molecular flexibility index (Phi) is 7.82. The van der Waals surface area contributed by atoms with Gasteiger partial charge in [0.1, 0.15) is 0 Å². The summed E-state index contributed by atoms with van der Waals surface area (Å²) < 4.78 is 0.951. The molecule has 0 aliphatic heterocycles. The van der Waals surface area contributed by atoms with Gasteiger partial charge in [-0.1, -0.05) is 33.9 Å². The number of carbonyl (C=O) groups is 1. The highest BCUT2D eigenvalue weighted by atomic mass is 16.4. The van der Waals surface area contributed by atoms with Crippen molar-refractivity contribution in [3.05, 3.63) is 25.3 Å². The average Bonchev–Trinajstić information content (AvgIpc) is 2.02. The molecule has 0 aromatic rings. The maximum absolute atomic E-state index is 9.91. The molecule has 0 radical (unpaired) electrons. The second-order valence-electron chi connectivity index (χ2n) is 5.42. The van der Waals surface area contributed by atoms with Crippen molar-refractivity contribution < 1.29 is 14.4 Å². The van der Waals surface area contributed by atoms with Crippen molar-refractivity contribution in [3.63, 3.8) is 0 Å². The Morgan fingerprint density at radius 2 is 1.44 bits per heavy atom. The van der Waals surface area contributed by atoms with E-state index < -0.39 is 11.4 Å². The van der Waals surface area contributed by atoms with Gasteiger partial charge in [-0.2, -0.15) is 0 Å². The summed E-state index contributed by atoms with van der Waals surface area (Å²) >= 11 is 0. The lowest BCUT2D eigenvalue weighted by Crippen LogP contribution is -2.39. The fourth-order valence-corrected chi connectivity index (χ4v) is 0.774. The van der Waals surface area contributed by atoms with Crippen LogP contribution in [0.1, 0.15) is 20.8 Å². The molecule has 0 N–H and O–H groups in total. The molecule has 0 amide bonds. The van der Waals surface area contributed by atoms with E-state index in [9.17, 15) is 9.90 Å². The van der Waals surface area contributed by atoms with Crippen LogP contribution in [0, 0.1) is 5.41 Å². The summed E-state index contributed by atoms with van der Waals surface area (Å²) in [6, 6.07) is 0. The summed E-state index contributed by atoms with van der Waals surface area (Å²) in [4.78, 5) is 9.91. The van der Waals surface area contributed by atoms with Crippen LogP contribution in [0.3, 0.4) is 0 Å². The molecule has 0 unspecified atom stereocenters. The Labute approximate surface area is 99.7 Å². The third-order valence-electron chi connectivity index (χ3n) is 1.86. The first-order valence-corrected chi connectivity index (χ1v) is 5.32. The zero-order valence-corrected chi connectivity index (χ0v) is 11.2. The van der Waals surface area contributed by atoms with Crippen molar-refractivity contribution in [3.8, 4) is 0 Å². The van der Waals surface area contributed by atoms with Crippen LogP contribution >= 0.6 is 0 Å². The molecule has 16 heavy (non-hydrogen) atoms. The smallest absolute Gasteiger partial charge is 0.0969 e. The van der Waals surface area contributed by atoms with Crippen molar-refractivity contribution >= 4 is 5.97 Å². The van der Waals surface area contributed by atoms with E-state index in [1.807, 2.05) is 12.2 Å². The Morgan fingerprint density at radius 3 is 1.56 bits per heavy atom. The number of hydrogen-bond donors (Lipinski definition) is 0. The summed E-state index contributed by atoms with van der Waals surface area (Å²) in [5.74, 6) is -1.01. The fraction of sp³-hybridized carbons (Fsp3) is 0.615. The normalized spacial score (nSPS) is 11.1. The Bertz CT molecular complexity index is 225. The number of hydrogen-bond acceptors (Lipinski definition) is 2. The van der Waals surface area contributed by atoms with E-state index in [1.54, 1.807) is 20.8 Å². The number of rotatable bonds is 4. The topological polar surface area (TPSA) is 40.1 Å². The Morgan fingerprint density at radius 1 is 1.19 bits per heavy atom. The summed E-state index contributed by atoms with van der Waals surface area (Å²) in [7, 11) is 4.31. The molecule has 0 aromatic carbocycles. The fourth-order valence-electron chi connectivity index (χ4n) is 0.774. The minimum atomic E-state index is -1.01. The average molecular weight is 227 g/mol. The van der Waals surface area contributed by atoms with E-state index in [0.717, 1.165) is 17.6 Å². The molecule has 3 heteroatoms. The molecule has 3 nitrogen and oxygen atoms in total. The van der Waals surface area contributed by atoms with Gasteiger partial charge in [0.2, 0.25) is 0 Å². The molecule has 0 aliphatic carbocycles.